The molecule has 2 N–H and O–H groups in total. The standard InChI is InChI=1S/C6H11N3.BF4/c1-9-5-4-8-6(9)2-3-7;2-1(3,4)5/h4-5H,2-3,7H2,1H3;/q;-1. The maximum atomic E-state index is 9.75. The Morgan fingerprint density at radius 1 is 1.43 bits per heavy atom. The molecule has 8 heteroatoms. The maximum Gasteiger partial charge on any atom is 0.673 e. The molecular formula is C6H11BF4N3-. The van der Waals surface area contributed by atoms with Crippen LogP contribution in [-0.2, 0) is 13.5 Å². The van der Waals surface area contributed by atoms with Gasteiger partial charge in [0.05, 0.1) is 0 Å². The van der Waals surface area contributed by atoms with E-state index < -0.39 is 7.25 Å². The second-order valence-corrected chi connectivity index (χ2v) is 2.49. The Labute approximate surface area is 79.0 Å². The fraction of sp³-hybridized carbons (Fsp3) is 0.500. The van der Waals surface area contributed by atoms with Crippen molar-refractivity contribution in [3.05, 3.63) is 18.2 Å². The highest BCUT2D eigenvalue weighted by atomic mass is 19.5. The van der Waals surface area contributed by atoms with E-state index in [1.807, 2.05) is 17.8 Å². The van der Waals surface area contributed by atoms with Gasteiger partial charge in [-0.25, -0.2) is 4.98 Å². The highest BCUT2D eigenvalue weighted by Gasteiger charge is 2.20. The SMILES string of the molecule is Cn1ccnc1CCN.F[B-](F)(F)F. The van der Waals surface area contributed by atoms with E-state index in [2.05, 4.69) is 4.98 Å². The van der Waals surface area contributed by atoms with Gasteiger partial charge >= 0.3 is 7.25 Å². The normalized spacial score (nSPS) is 10.7. The van der Waals surface area contributed by atoms with Crippen LogP contribution in [0.3, 0.4) is 0 Å². The monoisotopic (exact) mass is 212 g/mol. The lowest BCUT2D eigenvalue weighted by atomic mass is 10.3. The topological polar surface area (TPSA) is 43.8 Å². The number of imidazole rings is 1. The number of nitrogens with zero attached hydrogens (tertiary/aromatic N) is 2. The number of halogens is 4. The van der Waals surface area contributed by atoms with Crippen molar-refractivity contribution in [3.8, 4) is 0 Å². The molecule has 0 aliphatic rings. The first-order valence-electron chi connectivity index (χ1n) is 3.88. The van der Waals surface area contributed by atoms with Crippen LogP contribution in [0.25, 0.3) is 0 Å². The van der Waals surface area contributed by atoms with E-state index >= 15 is 0 Å². The summed E-state index contributed by atoms with van der Waals surface area (Å²) in [5, 5.41) is 0. The van der Waals surface area contributed by atoms with Crippen molar-refractivity contribution in [3.63, 3.8) is 0 Å². The minimum absolute atomic E-state index is 0.671. The van der Waals surface area contributed by atoms with Crippen molar-refractivity contribution in [2.45, 2.75) is 6.42 Å². The minimum atomic E-state index is -6.00. The molecule has 0 unspecified atom stereocenters. The second kappa shape index (κ2) is 5.64. The first-order valence-corrected chi connectivity index (χ1v) is 3.88. The van der Waals surface area contributed by atoms with E-state index in [0.717, 1.165) is 12.2 Å². The molecule has 1 aromatic heterocycles. The summed E-state index contributed by atoms with van der Waals surface area (Å²) in [6.07, 6.45) is 4.57. The van der Waals surface area contributed by atoms with Gasteiger partial charge in [0.1, 0.15) is 5.82 Å². The summed E-state index contributed by atoms with van der Waals surface area (Å²) in [6.45, 7) is 0.671. The van der Waals surface area contributed by atoms with E-state index in [0.29, 0.717) is 6.54 Å². The highest BCUT2D eigenvalue weighted by Crippen LogP contribution is 2.06. The highest BCUT2D eigenvalue weighted by molar-refractivity contribution is 6.50. The van der Waals surface area contributed by atoms with Crippen LogP contribution in [-0.4, -0.2) is 23.4 Å². The van der Waals surface area contributed by atoms with Gasteiger partial charge in [0, 0.05) is 25.9 Å². The summed E-state index contributed by atoms with van der Waals surface area (Å²) in [6, 6.07) is 0. The van der Waals surface area contributed by atoms with Crippen molar-refractivity contribution in [2.75, 3.05) is 6.54 Å². The van der Waals surface area contributed by atoms with E-state index in [9.17, 15) is 17.3 Å². The Hall–Kier alpha value is -1.05. The predicted octanol–water partition coefficient (Wildman–Crippen LogP) is 1.22. The Bertz CT molecular complexity index is 254. The molecule has 0 amide bonds. The van der Waals surface area contributed by atoms with Crippen molar-refractivity contribution in [2.24, 2.45) is 12.8 Å². The van der Waals surface area contributed by atoms with Crippen molar-refractivity contribution in [1.29, 1.82) is 0 Å². The van der Waals surface area contributed by atoms with Crippen molar-refractivity contribution in [1.82, 2.24) is 9.55 Å². The third-order valence-electron chi connectivity index (χ3n) is 1.29. The fourth-order valence-electron chi connectivity index (χ4n) is 0.766. The number of aromatic nitrogens is 2. The van der Waals surface area contributed by atoms with E-state index in [1.165, 1.54) is 0 Å². The zero-order valence-electron chi connectivity index (χ0n) is 7.63. The smallest absolute Gasteiger partial charge is 0.418 e. The molecule has 0 atom stereocenters. The molecule has 14 heavy (non-hydrogen) atoms. The number of rotatable bonds is 2. The van der Waals surface area contributed by atoms with E-state index in [4.69, 9.17) is 5.73 Å². The van der Waals surface area contributed by atoms with Crippen LogP contribution in [0.5, 0.6) is 0 Å². The van der Waals surface area contributed by atoms with Gasteiger partial charge in [-0.2, -0.15) is 0 Å². The molecule has 0 aromatic carbocycles. The van der Waals surface area contributed by atoms with Gasteiger partial charge in [-0.15, -0.1) is 0 Å². The Balaban J connectivity index is 0.000000292. The molecule has 82 valence electrons. The lowest BCUT2D eigenvalue weighted by Gasteiger charge is -1.96. The molecule has 3 nitrogen and oxygen atoms in total. The summed E-state index contributed by atoms with van der Waals surface area (Å²) in [5.74, 6) is 1.05. The number of hydrogen-bond acceptors (Lipinski definition) is 2. The summed E-state index contributed by atoms with van der Waals surface area (Å²) < 4.78 is 41.0. The third kappa shape index (κ3) is 7.60. The predicted molar refractivity (Wildman–Crippen MR) is 46.2 cm³/mol. The summed E-state index contributed by atoms with van der Waals surface area (Å²) in [7, 11) is -4.03. The van der Waals surface area contributed by atoms with E-state index in [1.54, 1.807) is 6.20 Å². The summed E-state index contributed by atoms with van der Waals surface area (Å²) in [5.41, 5.74) is 5.34. The quantitative estimate of drug-likeness (QED) is 0.591. The molecule has 0 saturated carbocycles. The van der Waals surface area contributed by atoms with Crippen molar-refractivity contribution < 1.29 is 17.3 Å². The van der Waals surface area contributed by atoms with Crippen LogP contribution in [0.1, 0.15) is 5.82 Å². The minimum Gasteiger partial charge on any atom is -0.418 e. The summed E-state index contributed by atoms with van der Waals surface area (Å²) in [4.78, 5) is 4.09. The van der Waals surface area contributed by atoms with Gasteiger partial charge in [-0.3, -0.25) is 0 Å². The number of aryl methyl sites for hydroxylation is 1. The van der Waals surface area contributed by atoms with Gasteiger partial charge < -0.3 is 27.6 Å². The average molecular weight is 212 g/mol. The van der Waals surface area contributed by atoms with Crippen molar-refractivity contribution >= 4 is 7.25 Å². The Kier molecular flexibility index (Phi) is 5.22. The fourth-order valence-corrected chi connectivity index (χ4v) is 0.766. The molecule has 0 aliphatic carbocycles. The largest absolute Gasteiger partial charge is 0.673 e. The van der Waals surface area contributed by atoms with Crippen LogP contribution in [0, 0.1) is 0 Å². The van der Waals surface area contributed by atoms with Gasteiger partial charge in [0.25, 0.3) is 0 Å². The third-order valence-corrected chi connectivity index (χ3v) is 1.29. The molecule has 0 aliphatic heterocycles. The lowest BCUT2D eigenvalue weighted by Crippen LogP contribution is -2.07. The maximum absolute atomic E-state index is 9.75. The lowest BCUT2D eigenvalue weighted by molar-refractivity contribution is 0.368. The van der Waals surface area contributed by atoms with Crippen LogP contribution in [0.4, 0.5) is 17.3 Å². The molecule has 0 fully saturated rings. The van der Waals surface area contributed by atoms with Crippen LogP contribution in [0.15, 0.2) is 12.4 Å². The zero-order chi connectivity index (χ0) is 11.2. The van der Waals surface area contributed by atoms with Crippen LogP contribution >= 0.6 is 0 Å². The second-order valence-electron chi connectivity index (χ2n) is 2.49. The molecule has 1 aromatic rings. The molecule has 1 heterocycles. The average Bonchev–Trinajstić information content (AvgIpc) is 2.34. The van der Waals surface area contributed by atoms with Crippen LogP contribution in [0.2, 0.25) is 0 Å². The molecule has 0 spiro atoms. The first-order chi connectivity index (χ1) is 6.34. The molecule has 0 bridgehead atoms. The van der Waals surface area contributed by atoms with E-state index in [-0.39, 0.29) is 0 Å². The molecule has 0 radical (unpaired) electrons. The van der Waals surface area contributed by atoms with Gasteiger partial charge in [-0.05, 0) is 6.54 Å². The Morgan fingerprint density at radius 2 is 1.93 bits per heavy atom. The summed E-state index contributed by atoms with van der Waals surface area (Å²) >= 11 is 0. The number of nitrogens with two attached hydrogens (primary N) is 1. The molecule has 0 saturated heterocycles. The number of hydrogen-bond donors (Lipinski definition) is 1. The van der Waals surface area contributed by atoms with Gasteiger partial charge in [-0.1, -0.05) is 0 Å². The Morgan fingerprint density at radius 3 is 2.21 bits per heavy atom. The first kappa shape index (κ1) is 13.0. The molecular weight excluding hydrogens is 201 g/mol. The van der Waals surface area contributed by atoms with Crippen LogP contribution < -0.4 is 5.73 Å². The van der Waals surface area contributed by atoms with Gasteiger partial charge in [0.2, 0.25) is 0 Å². The molecule has 1 rings (SSSR count). The zero-order valence-corrected chi connectivity index (χ0v) is 7.63. The van der Waals surface area contributed by atoms with Gasteiger partial charge in [0.15, 0.2) is 0 Å².